The standard InChI is InChI=1S/C38H45ClN2O/c1-27-23-24-28(2)41(27)26-35(34(22-15-25-37(3,4)5)40-33-21-13-12-20-32(33)39)42-36-30(29-16-10-9-11-17-29)18-14-19-31(36)38(6,7)8/h9-24,35H,25-26H2,1-8H3/b22-15+,40-34?. The number of aryl methyl sites for hydroxylation is 2. The highest BCUT2D eigenvalue weighted by Crippen LogP contribution is 2.40. The van der Waals surface area contributed by atoms with Gasteiger partial charge in [0, 0.05) is 22.5 Å². The maximum atomic E-state index is 7.25. The summed E-state index contributed by atoms with van der Waals surface area (Å²) in [5, 5.41) is 0.617. The Labute approximate surface area is 257 Å². The Kier molecular flexibility index (Phi) is 9.84. The van der Waals surface area contributed by atoms with Gasteiger partial charge < -0.3 is 9.30 Å². The lowest BCUT2D eigenvalue weighted by Gasteiger charge is -2.29. The number of allylic oxidation sites excluding steroid dienone is 1. The predicted octanol–water partition coefficient (Wildman–Crippen LogP) is 10.9. The van der Waals surface area contributed by atoms with E-state index in [4.69, 9.17) is 21.3 Å². The third kappa shape index (κ3) is 8.04. The van der Waals surface area contributed by atoms with E-state index < -0.39 is 0 Å². The molecule has 0 spiro atoms. The molecule has 0 radical (unpaired) electrons. The summed E-state index contributed by atoms with van der Waals surface area (Å²) in [6.45, 7) is 18.3. The van der Waals surface area contributed by atoms with E-state index >= 15 is 0 Å². The van der Waals surface area contributed by atoms with Crippen LogP contribution in [-0.4, -0.2) is 16.4 Å². The summed E-state index contributed by atoms with van der Waals surface area (Å²) in [7, 11) is 0. The Balaban J connectivity index is 1.94. The van der Waals surface area contributed by atoms with Gasteiger partial charge in [0.15, 0.2) is 6.10 Å². The van der Waals surface area contributed by atoms with Gasteiger partial charge in [-0.05, 0) is 67.0 Å². The van der Waals surface area contributed by atoms with Crippen LogP contribution in [0.2, 0.25) is 5.02 Å². The molecular weight excluding hydrogens is 536 g/mol. The number of aromatic nitrogens is 1. The molecule has 0 N–H and O–H groups in total. The van der Waals surface area contributed by atoms with Crippen molar-refractivity contribution >= 4 is 23.0 Å². The zero-order valence-electron chi connectivity index (χ0n) is 26.4. The second-order valence-corrected chi connectivity index (χ2v) is 13.7. The fraction of sp³-hybridized carbons (Fsp3) is 0.342. The average Bonchev–Trinajstić information content (AvgIpc) is 3.24. The number of halogens is 1. The number of hydrogen-bond donors (Lipinski definition) is 0. The van der Waals surface area contributed by atoms with Crippen LogP contribution >= 0.6 is 11.6 Å². The molecule has 0 saturated heterocycles. The van der Waals surface area contributed by atoms with Crippen LogP contribution < -0.4 is 4.74 Å². The Morgan fingerprint density at radius 3 is 2.10 bits per heavy atom. The number of benzene rings is 3. The fourth-order valence-corrected chi connectivity index (χ4v) is 5.20. The average molecular weight is 581 g/mol. The van der Waals surface area contributed by atoms with Crippen molar-refractivity contribution in [1.82, 2.24) is 4.57 Å². The molecule has 1 atom stereocenters. The van der Waals surface area contributed by atoms with E-state index in [9.17, 15) is 0 Å². The topological polar surface area (TPSA) is 26.5 Å². The van der Waals surface area contributed by atoms with Crippen molar-refractivity contribution in [2.45, 2.75) is 79.9 Å². The van der Waals surface area contributed by atoms with Gasteiger partial charge in [0.2, 0.25) is 0 Å². The van der Waals surface area contributed by atoms with Crippen LogP contribution in [0.1, 0.15) is 64.9 Å². The van der Waals surface area contributed by atoms with Crippen LogP contribution in [0, 0.1) is 19.3 Å². The van der Waals surface area contributed by atoms with Gasteiger partial charge >= 0.3 is 0 Å². The monoisotopic (exact) mass is 580 g/mol. The molecule has 1 unspecified atom stereocenters. The van der Waals surface area contributed by atoms with Crippen LogP contribution in [0.4, 0.5) is 5.69 Å². The first-order valence-corrected chi connectivity index (χ1v) is 15.2. The minimum atomic E-state index is -0.381. The fourth-order valence-electron chi connectivity index (χ4n) is 5.02. The van der Waals surface area contributed by atoms with Crippen molar-refractivity contribution < 1.29 is 4.74 Å². The maximum Gasteiger partial charge on any atom is 0.158 e. The molecule has 0 aliphatic heterocycles. The Morgan fingerprint density at radius 2 is 1.48 bits per heavy atom. The number of para-hydroxylation sites is 2. The quantitative estimate of drug-likeness (QED) is 0.181. The van der Waals surface area contributed by atoms with Crippen LogP contribution in [0.25, 0.3) is 11.1 Å². The Hall–Kier alpha value is -3.56. The molecule has 1 aromatic heterocycles. The maximum absolute atomic E-state index is 7.25. The first kappa shape index (κ1) is 31.4. The second-order valence-electron chi connectivity index (χ2n) is 13.3. The normalized spacial score (nSPS) is 13.5. The van der Waals surface area contributed by atoms with Crippen LogP contribution in [0.3, 0.4) is 0 Å². The molecule has 0 bridgehead atoms. The predicted molar refractivity (Wildman–Crippen MR) is 181 cm³/mol. The largest absolute Gasteiger partial charge is 0.481 e. The van der Waals surface area contributed by atoms with E-state index in [1.54, 1.807) is 0 Å². The lowest BCUT2D eigenvalue weighted by atomic mass is 9.84. The van der Waals surface area contributed by atoms with Crippen molar-refractivity contribution in [2.24, 2.45) is 10.4 Å². The molecule has 3 aromatic carbocycles. The lowest BCUT2D eigenvalue weighted by molar-refractivity contribution is 0.239. The summed E-state index contributed by atoms with van der Waals surface area (Å²) < 4.78 is 9.56. The summed E-state index contributed by atoms with van der Waals surface area (Å²) in [5.41, 5.74) is 7.31. The van der Waals surface area contributed by atoms with Crippen molar-refractivity contribution in [3.63, 3.8) is 0 Å². The molecule has 0 fully saturated rings. The van der Waals surface area contributed by atoms with Crippen LogP contribution in [0.15, 0.2) is 102 Å². The molecule has 0 aliphatic carbocycles. The molecule has 3 nitrogen and oxygen atoms in total. The highest BCUT2D eigenvalue weighted by molar-refractivity contribution is 6.33. The molecule has 4 heteroatoms. The van der Waals surface area contributed by atoms with Gasteiger partial charge in [-0.3, -0.25) is 0 Å². The second kappa shape index (κ2) is 13.2. The summed E-state index contributed by atoms with van der Waals surface area (Å²) >= 11 is 6.65. The highest BCUT2D eigenvalue weighted by atomic mass is 35.5. The van der Waals surface area contributed by atoms with Gasteiger partial charge in [0.05, 0.1) is 23.0 Å². The molecule has 0 amide bonds. The first-order valence-electron chi connectivity index (χ1n) is 14.8. The van der Waals surface area contributed by atoms with E-state index in [1.807, 2.05) is 30.3 Å². The van der Waals surface area contributed by atoms with Gasteiger partial charge in [-0.1, -0.05) is 120 Å². The summed E-state index contributed by atoms with van der Waals surface area (Å²) in [6.07, 6.45) is 4.88. The van der Waals surface area contributed by atoms with Crippen molar-refractivity contribution in [2.75, 3.05) is 0 Å². The van der Waals surface area contributed by atoms with Crippen molar-refractivity contribution in [1.29, 1.82) is 0 Å². The smallest absolute Gasteiger partial charge is 0.158 e. The Bertz CT molecular complexity index is 1530. The zero-order valence-corrected chi connectivity index (χ0v) is 27.2. The van der Waals surface area contributed by atoms with Crippen LogP contribution in [-0.2, 0) is 12.0 Å². The van der Waals surface area contributed by atoms with Gasteiger partial charge in [0.25, 0.3) is 0 Å². The van der Waals surface area contributed by atoms with Gasteiger partial charge in [-0.25, -0.2) is 4.99 Å². The third-order valence-corrected chi connectivity index (χ3v) is 7.70. The summed E-state index contributed by atoms with van der Waals surface area (Å²) in [4.78, 5) is 5.17. The van der Waals surface area contributed by atoms with Gasteiger partial charge in [0.1, 0.15) is 5.75 Å². The number of rotatable bonds is 9. The van der Waals surface area contributed by atoms with Crippen molar-refractivity contribution in [3.05, 3.63) is 119 Å². The molecule has 4 aromatic rings. The Morgan fingerprint density at radius 1 is 0.833 bits per heavy atom. The summed E-state index contributed by atoms with van der Waals surface area (Å²) in [6, 6.07) is 29.0. The molecule has 0 aliphatic rings. The SMILES string of the molecule is Cc1ccc(C)n1CC(Oc1c(-c2ccccc2)cccc1C(C)(C)C)C(/C=C/CC(C)(C)C)=Nc1ccccc1Cl. The van der Waals surface area contributed by atoms with Crippen molar-refractivity contribution in [3.8, 4) is 16.9 Å². The number of ether oxygens (including phenoxy) is 1. The number of nitrogens with zero attached hydrogens (tertiary/aromatic N) is 2. The van der Waals surface area contributed by atoms with E-state index in [1.165, 1.54) is 11.4 Å². The molecule has 42 heavy (non-hydrogen) atoms. The third-order valence-electron chi connectivity index (χ3n) is 7.38. The van der Waals surface area contributed by atoms with Gasteiger partial charge in [-0.15, -0.1) is 0 Å². The molecular formula is C38H45ClN2O. The van der Waals surface area contributed by atoms with Crippen LogP contribution in [0.5, 0.6) is 5.75 Å². The molecule has 4 rings (SSSR count). The first-order chi connectivity index (χ1) is 19.8. The minimum Gasteiger partial charge on any atom is -0.481 e. The van der Waals surface area contributed by atoms with E-state index in [0.717, 1.165) is 40.3 Å². The van der Waals surface area contributed by atoms with E-state index in [2.05, 4.69) is 127 Å². The van der Waals surface area contributed by atoms with E-state index in [-0.39, 0.29) is 16.9 Å². The molecule has 220 valence electrons. The zero-order chi connectivity index (χ0) is 30.5. The number of aliphatic imine (C=N–C) groups is 1. The number of hydrogen-bond acceptors (Lipinski definition) is 2. The highest BCUT2D eigenvalue weighted by Gasteiger charge is 2.27. The lowest BCUT2D eigenvalue weighted by Crippen LogP contribution is -2.33. The minimum absolute atomic E-state index is 0.133. The van der Waals surface area contributed by atoms with Gasteiger partial charge in [-0.2, -0.15) is 0 Å². The summed E-state index contributed by atoms with van der Waals surface area (Å²) in [5.74, 6) is 0.889. The van der Waals surface area contributed by atoms with E-state index in [0.29, 0.717) is 11.6 Å². The molecule has 1 heterocycles. The molecule has 0 saturated carbocycles.